The van der Waals surface area contributed by atoms with Crippen molar-refractivity contribution in [2.24, 2.45) is 0 Å². The number of nitrogens with one attached hydrogen (secondary N) is 1. The van der Waals surface area contributed by atoms with Crippen LogP contribution in [0.15, 0.2) is 59.4 Å². The molecule has 1 aromatic heterocycles. The number of carbonyl (C=O) groups excluding carboxylic acids is 1. The van der Waals surface area contributed by atoms with Crippen LogP contribution in [0.1, 0.15) is 54.6 Å². The van der Waals surface area contributed by atoms with Crippen molar-refractivity contribution in [3.8, 4) is 0 Å². The molecule has 1 fully saturated rings. The average Bonchev–Trinajstić information content (AvgIpc) is 2.99. The molecule has 0 aliphatic heterocycles. The molecular weight excluding hydrogens is 350 g/mol. The zero-order valence-electron chi connectivity index (χ0n) is 15.9. The zero-order valence-corrected chi connectivity index (χ0v) is 15.9. The minimum Gasteiger partial charge on any atom is -0.348 e. The lowest BCUT2D eigenvalue weighted by Gasteiger charge is -2.17. The second-order valence-corrected chi connectivity index (χ2v) is 7.50. The summed E-state index contributed by atoms with van der Waals surface area (Å²) in [7, 11) is 0. The van der Waals surface area contributed by atoms with Crippen LogP contribution in [0.4, 0.5) is 0 Å². The lowest BCUT2D eigenvalue weighted by Crippen LogP contribution is -2.37. The minimum atomic E-state index is -0.190. The van der Waals surface area contributed by atoms with Crippen LogP contribution in [0.3, 0.4) is 0 Å². The van der Waals surface area contributed by atoms with Crippen LogP contribution in [-0.4, -0.2) is 21.7 Å². The van der Waals surface area contributed by atoms with E-state index in [9.17, 15) is 9.59 Å². The highest BCUT2D eigenvalue weighted by Gasteiger charge is 2.20. The second-order valence-electron chi connectivity index (χ2n) is 7.50. The molecule has 1 saturated carbocycles. The normalized spacial score (nSPS) is 15.3. The highest BCUT2D eigenvalue weighted by atomic mass is 16.2. The van der Waals surface area contributed by atoms with E-state index in [0.29, 0.717) is 23.0 Å². The van der Waals surface area contributed by atoms with E-state index in [1.54, 1.807) is 12.1 Å². The smallest absolute Gasteiger partial charge is 0.274 e. The largest absolute Gasteiger partial charge is 0.348 e. The Kier molecular flexibility index (Phi) is 5.51. The molecule has 1 amide bonds. The molecule has 3 aromatic rings. The fourth-order valence-corrected chi connectivity index (χ4v) is 3.94. The van der Waals surface area contributed by atoms with Gasteiger partial charge in [-0.15, -0.1) is 0 Å². The Morgan fingerprint density at radius 3 is 2.29 bits per heavy atom. The highest BCUT2D eigenvalue weighted by molar-refractivity contribution is 6.04. The maximum atomic E-state index is 13.1. The van der Waals surface area contributed by atoms with Gasteiger partial charge in [0, 0.05) is 11.4 Å². The first kappa shape index (κ1) is 18.4. The molecule has 0 saturated heterocycles. The van der Waals surface area contributed by atoms with Crippen molar-refractivity contribution in [1.29, 1.82) is 0 Å². The summed E-state index contributed by atoms with van der Waals surface area (Å²) >= 11 is 0. The standard InChI is InChI=1S/C23H25N3O2/c27-22(24-18-12-6-1-2-7-13-18)21-19-14-8-9-15-20(19)23(28)26(25-21)16-17-10-4-3-5-11-17/h3-5,8-11,14-15,18H,1-2,6-7,12-13,16H2,(H,24,27). The predicted octanol–water partition coefficient (Wildman–Crippen LogP) is 3.90. The van der Waals surface area contributed by atoms with E-state index in [4.69, 9.17) is 0 Å². The van der Waals surface area contributed by atoms with Crippen LogP contribution in [0.5, 0.6) is 0 Å². The van der Waals surface area contributed by atoms with E-state index in [0.717, 1.165) is 31.2 Å². The van der Waals surface area contributed by atoms with Crippen LogP contribution in [0.2, 0.25) is 0 Å². The van der Waals surface area contributed by atoms with Gasteiger partial charge >= 0.3 is 0 Å². The molecule has 1 aliphatic rings. The first-order chi connectivity index (χ1) is 13.7. The maximum Gasteiger partial charge on any atom is 0.274 e. The van der Waals surface area contributed by atoms with Gasteiger partial charge in [0.2, 0.25) is 0 Å². The summed E-state index contributed by atoms with van der Waals surface area (Å²) in [5, 5.41) is 8.78. The van der Waals surface area contributed by atoms with Gasteiger partial charge in [0.1, 0.15) is 0 Å². The third-order valence-corrected chi connectivity index (χ3v) is 5.45. The van der Waals surface area contributed by atoms with Gasteiger partial charge in [0.05, 0.1) is 11.9 Å². The number of nitrogens with zero attached hydrogens (tertiary/aromatic N) is 2. The van der Waals surface area contributed by atoms with Crippen LogP contribution >= 0.6 is 0 Å². The first-order valence-electron chi connectivity index (χ1n) is 10.1. The van der Waals surface area contributed by atoms with Gasteiger partial charge in [-0.25, -0.2) is 4.68 Å². The number of benzene rings is 2. The van der Waals surface area contributed by atoms with E-state index in [2.05, 4.69) is 10.4 Å². The molecule has 4 rings (SSSR count). The maximum absolute atomic E-state index is 13.1. The lowest BCUT2D eigenvalue weighted by molar-refractivity contribution is 0.0928. The highest BCUT2D eigenvalue weighted by Crippen LogP contribution is 2.19. The van der Waals surface area contributed by atoms with Crippen molar-refractivity contribution in [3.63, 3.8) is 0 Å². The fourth-order valence-electron chi connectivity index (χ4n) is 3.94. The van der Waals surface area contributed by atoms with Gasteiger partial charge in [0.25, 0.3) is 11.5 Å². The molecule has 28 heavy (non-hydrogen) atoms. The molecule has 1 N–H and O–H groups in total. The summed E-state index contributed by atoms with van der Waals surface area (Å²) in [5.41, 5.74) is 1.13. The van der Waals surface area contributed by atoms with E-state index in [1.807, 2.05) is 42.5 Å². The quantitative estimate of drug-likeness (QED) is 0.704. The molecule has 0 radical (unpaired) electrons. The summed E-state index contributed by atoms with van der Waals surface area (Å²) in [4.78, 5) is 26.0. The van der Waals surface area contributed by atoms with Crippen molar-refractivity contribution in [1.82, 2.24) is 15.1 Å². The van der Waals surface area contributed by atoms with E-state index in [1.165, 1.54) is 17.5 Å². The SMILES string of the molecule is O=C(NC1CCCCCC1)c1nn(Cc2ccccc2)c(=O)c2ccccc12. The van der Waals surface area contributed by atoms with Crippen LogP contribution < -0.4 is 10.9 Å². The Balaban J connectivity index is 1.71. The molecule has 1 heterocycles. The van der Waals surface area contributed by atoms with Crippen molar-refractivity contribution >= 4 is 16.7 Å². The van der Waals surface area contributed by atoms with E-state index in [-0.39, 0.29) is 17.5 Å². The number of amides is 1. The molecule has 1 aliphatic carbocycles. The predicted molar refractivity (Wildman–Crippen MR) is 111 cm³/mol. The molecule has 0 spiro atoms. The second kappa shape index (κ2) is 8.38. The summed E-state index contributed by atoms with van der Waals surface area (Å²) in [5.74, 6) is -0.190. The van der Waals surface area contributed by atoms with Crippen molar-refractivity contribution < 1.29 is 4.79 Å². The van der Waals surface area contributed by atoms with Gasteiger partial charge < -0.3 is 5.32 Å². The van der Waals surface area contributed by atoms with Gasteiger partial charge in [-0.05, 0) is 24.5 Å². The lowest BCUT2D eigenvalue weighted by atomic mass is 10.1. The average molecular weight is 375 g/mol. The zero-order chi connectivity index (χ0) is 19.3. The molecule has 5 heteroatoms. The van der Waals surface area contributed by atoms with Gasteiger partial charge in [0.15, 0.2) is 5.69 Å². The van der Waals surface area contributed by atoms with Crippen molar-refractivity contribution in [3.05, 3.63) is 76.2 Å². The van der Waals surface area contributed by atoms with Gasteiger partial charge in [-0.2, -0.15) is 5.10 Å². The van der Waals surface area contributed by atoms with Crippen molar-refractivity contribution in [2.45, 2.75) is 51.1 Å². The summed E-state index contributed by atoms with van der Waals surface area (Å²) in [6.07, 6.45) is 6.77. The Labute approximate surface area is 164 Å². The Morgan fingerprint density at radius 1 is 0.929 bits per heavy atom. The first-order valence-corrected chi connectivity index (χ1v) is 10.1. The number of fused-ring (bicyclic) bond motifs is 1. The number of carbonyl (C=O) groups is 1. The molecular formula is C23H25N3O2. The minimum absolute atomic E-state index is 0.175. The van der Waals surface area contributed by atoms with E-state index < -0.39 is 0 Å². The van der Waals surface area contributed by atoms with Gasteiger partial charge in [-0.3, -0.25) is 9.59 Å². The Morgan fingerprint density at radius 2 is 1.57 bits per heavy atom. The third kappa shape index (κ3) is 3.98. The van der Waals surface area contributed by atoms with Crippen LogP contribution in [0.25, 0.3) is 10.8 Å². The number of rotatable bonds is 4. The Hall–Kier alpha value is -2.95. The molecule has 5 nitrogen and oxygen atoms in total. The fraction of sp³-hybridized carbons (Fsp3) is 0.348. The monoisotopic (exact) mass is 375 g/mol. The van der Waals surface area contributed by atoms with Crippen LogP contribution in [-0.2, 0) is 6.54 Å². The van der Waals surface area contributed by atoms with Gasteiger partial charge in [-0.1, -0.05) is 74.2 Å². The number of hydrogen-bond donors (Lipinski definition) is 1. The van der Waals surface area contributed by atoms with Crippen LogP contribution in [0, 0.1) is 0 Å². The number of hydrogen-bond acceptors (Lipinski definition) is 3. The van der Waals surface area contributed by atoms with Crippen molar-refractivity contribution in [2.75, 3.05) is 0 Å². The summed E-state index contributed by atoms with van der Waals surface area (Å²) < 4.78 is 1.40. The number of aromatic nitrogens is 2. The topological polar surface area (TPSA) is 64.0 Å². The van der Waals surface area contributed by atoms with E-state index >= 15 is 0 Å². The molecule has 0 bridgehead atoms. The Bertz CT molecular complexity index is 1020. The molecule has 0 unspecified atom stereocenters. The summed E-state index contributed by atoms with van der Waals surface area (Å²) in [6.45, 7) is 0.341. The molecule has 2 aromatic carbocycles. The molecule has 0 atom stereocenters. The summed E-state index contributed by atoms with van der Waals surface area (Å²) in [6, 6.07) is 17.1. The molecule has 144 valence electrons. The third-order valence-electron chi connectivity index (χ3n) is 5.45.